The van der Waals surface area contributed by atoms with E-state index in [2.05, 4.69) is 9.11 Å². The number of hydrogen-bond acceptors (Lipinski definition) is 6. The molecule has 0 saturated heterocycles. The molecule has 0 saturated carbocycles. The predicted octanol–water partition coefficient (Wildman–Crippen LogP) is 1.33. The molecule has 0 radical (unpaired) electrons. The summed E-state index contributed by atoms with van der Waals surface area (Å²) >= 11 is 0. The minimum Gasteiger partial charge on any atom is -0.282 e. The van der Waals surface area contributed by atoms with Gasteiger partial charge in [0.25, 0.3) is 20.2 Å². The van der Waals surface area contributed by atoms with Crippen LogP contribution in [0.25, 0.3) is 13.6 Å². The van der Waals surface area contributed by atoms with E-state index in [4.69, 9.17) is 2.86 Å². The van der Waals surface area contributed by atoms with Crippen LogP contribution in [0.3, 0.4) is 0 Å². The second kappa shape index (κ2) is 4.02. The molecular weight excluding hydrogens is 280 g/mol. The molecule has 18 heavy (non-hydrogen) atoms. The number of hydrogen-bond donors (Lipinski definition) is 2. The van der Waals surface area contributed by atoms with Crippen molar-refractivity contribution in [3.63, 3.8) is 0 Å². The lowest BCUT2D eigenvalue weighted by atomic mass is 10.1. The maximum absolute atomic E-state index is 11.6. The van der Waals surface area contributed by atoms with Gasteiger partial charge in [-0.25, -0.2) is 0 Å². The Morgan fingerprint density at radius 1 is 0.778 bits per heavy atom. The van der Waals surface area contributed by atoms with Gasteiger partial charge >= 0.3 is 0 Å². The van der Waals surface area contributed by atoms with Crippen LogP contribution in [-0.2, 0) is 20.2 Å². The van der Waals surface area contributed by atoms with Crippen molar-refractivity contribution >= 4 is 31.0 Å². The highest BCUT2D eigenvalue weighted by molar-refractivity contribution is 7.86. The van der Waals surface area contributed by atoms with E-state index < -0.39 is 20.2 Å². The second-order valence-corrected chi connectivity index (χ2v) is 6.21. The van der Waals surface area contributed by atoms with E-state index in [0.29, 0.717) is 0 Å². The SMILES string of the molecule is [2H]OS(=O)(=O)c1cccc2c(S(=O)(=O)O[2H])cccc12. The molecule has 2 aromatic rings. The Balaban J connectivity index is 2.91. The Morgan fingerprint density at radius 3 is 1.50 bits per heavy atom. The van der Waals surface area contributed by atoms with Crippen LogP contribution in [0.1, 0.15) is 0 Å². The van der Waals surface area contributed by atoms with Gasteiger partial charge in [-0.2, -0.15) is 16.8 Å². The summed E-state index contributed by atoms with van der Waals surface area (Å²) in [5.74, 6) is 0. The monoisotopic (exact) mass is 290 g/mol. The lowest BCUT2D eigenvalue weighted by Gasteiger charge is -2.06. The standard InChI is InChI=1S/C10H8O6S2/c11-17(12,13)9-5-1-3-7-8(9)4-2-6-10(7)18(14,15)16/h1-6H,(H,11,12,13)(H,14,15,16)/i/hD2. The second-order valence-electron chi connectivity index (χ2n) is 3.52. The maximum Gasteiger partial charge on any atom is 0.295 e. The van der Waals surface area contributed by atoms with Crippen LogP contribution in [0.15, 0.2) is 46.2 Å². The molecule has 96 valence electrons. The first kappa shape index (κ1) is 10.4. The molecule has 2 aromatic carbocycles. The summed E-state index contributed by atoms with van der Waals surface area (Å²) in [5, 5.41) is 0.107. The van der Waals surface area contributed by atoms with Crippen molar-refractivity contribution in [2.75, 3.05) is 0 Å². The van der Waals surface area contributed by atoms with Gasteiger partial charge in [-0.05, 0) is 12.1 Å². The minimum absolute atomic E-state index is 0.0536. The van der Waals surface area contributed by atoms with Crippen molar-refractivity contribution in [2.24, 2.45) is 0 Å². The van der Waals surface area contributed by atoms with E-state index in [0.717, 1.165) is 0 Å². The van der Waals surface area contributed by atoms with Gasteiger partial charge in [-0.15, -0.1) is 0 Å². The van der Waals surface area contributed by atoms with Crippen LogP contribution in [0.5, 0.6) is 0 Å². The molecule has 0 aliphatic heterocycles. The van der Waals surface area contributed by atoms with Crippen LogP contribution in [0.4, 0.5) is 0 Å². The lowest BCUT2D eigenvalue weighted by Crippen LogP contribution is -2.02. The Kier molecular flexibility index (Phi) is 2.33. The normalized spacial score (nSPS) is 14.2. The van der Waals surface area contributed by atoms with Gasteiger partial charge in [-0.1, -0.05) is 24.3 Å². The highest BCUT2D eigenvalue weighted by Gasteiger charge is 2.18. The number of fused-ring (bicyclic) bond motifs is 1. The van der Waals surface area contributed by atoms with Gasteiger partial charge in [0.2, 0.25) is 2.86 Å². The molecule has 0 heterocycles. The smallest absolute Gasteiger partial charge is 0.282 e. The van der Waals surface area contributed by atoms with Crippen molar-refractivity contribution < 1.29 is 25.9 Å². The van der Waals surface area contributed by atoms with Gasteiger partial charge in [-0.3, -0.25) is 9.11 Å². The molecule has 6 nitrogen and oxygen atoms in total. The van der Waals surface area contributed by atoms with E-state index in [1.807, 2.05) is 0 Å². The molecule has 0 atom stereocenters. The van der Waals surface area contributed by atoms with Crippen LogP contribution in [0.2, 0.25) is 0 Å². The fourth-order valence-electron chi connectivity index (χ4n) is 1.69. The first-order valence-corrected chi connectivity index (χ1v) is 7.46. The fourth-order valence-corrected chi connectivity index (χ4v) is 3.07. The quantitative estimate of drug-likeness (QED) is 0.822. The zero-order chi connectivity index (χ0) is 15.0. The zero-order valence-corrected chi connectivity index (χ0v) is 10.4. The summed E-state index contributed by atoms with van der Waals surface area (Å²) in [5.41, 5.74) is 0. The summed E-state index contributed by atoms with van der Waals surface area (Å²) in [6, 6.07) is 7.71. The molecule has 0 amide bonds. The summed E-state index contributed by atoms with van der Waals surface area (Å²) in [7, 11) is -8.62. The molecule has 0 bridgehead atoms. The summed E-state index contributed by atoms with van der Waals surface area (Å²) < 4.78 is 67.0. The van der Waals surface area contributed by atoms with Gasteiger partial charge in [0.15, 0.2) is 0 Å². The topological polar surface area (TPSA) is 109 Å². The Hall–Kier alpha value is -1.48. The van der Waals surface area contributed by atoms with E-state index in [1.165, 1.54) is 36.4 Å². The first-order chi connectivity index (χ1) is 9.33. The van der Waals surface area contributed by atoms with E-state index >= 15 is 0 Å². The van der Waals surface area contributed by atoms with E-state index in [9.17, 15) is 16.8 Å². The summed E-state index contributed by atoms with van der Waals surface area (Å²) in [6.07, 6.45) is 0. The van der Waals surface area contributed by atoms with E-state index in [-0.39, 0.29) is 20.6 Å². The molecule has 0 fully saturated rings. The van der Waals surface area contributed by atoms with Gasteiger partial charge in [0.05, 0.1) is 0 Å². The van der Waals surface area contributed by atoms with Crippen molar-refractivity contribution in [1.82, 2.24) is 0 Å². The number of rotatable bonds is 4. The molecule has 2 N–H and O–H groups in total. The molecular formula is C10H8O6S2. The molecule has 0 unspecified atom stereocenters. The highest BCUT2D eigenvalue weighted by atomic mass is 32.2. The average molecular weight is 290 g/mol. The zero-order valence-electron chi connectivity index (χ0n) is 10.7. The molecule has 2 rings (SSSR count). The predicted molar refractivity (Wildman–Crippen MR) is 63.6 cm³/mol. The first-order valence-electron chi connectivity index (χ1n) is 5.46. The van der Waals surface area contributed by atoms with Crippen molar-refractivity contribution in [3.8, 4) is 0 Å². The molecule has 0 spiro atoms. The minimum atomic E-state index is -4.31. The molecule has 8 heteroatoms. The third-order valence-electron chi connectivity index (χ3n) is 2.38. The third kappa shape index (κ3) is 2.23. The van der Waals surface area contributed by atoms with Crippen LogP contribution in [0, 0.1) is 0 Å². The largest absolute Gasteiger partial charge is 0.295 e. The highest BCUT2D eigenvalue weighted by Crippen LogP contribution is 2.27. The Bertz CT molecular complexity index is 787. The van der Waals surface area contributed by atoms with Crippen LogP contribution < -0.4 is 0 Å². The Labute approximate surface area is 106 Å². The van der Waals surface area contributed by atoms with E-state index in [1.54, 1.807) is 0 Å². The van der Waals surface area contributed by atoms with Gasteiger partial charge in [0.1, 0.15) is 9.79 Å². The molecule has 0 aliphatic carbocycles. The van der Waals surface area contributed by atoms with Crippen molar-refractivity contribution in [3.05, 3.63) is 36.4 Å². The average Bonchev–Trinajstić information content (AvgIpc) is 2.45. The van der Waals surface area contributed by atoms with Crippen LogP contribution in [-0.4, -0.2) is 25.9 Å². The van der Waals surface area contributed by atoms with Crippen molar-refractivity contribution in [2.45, 2.75) is 9.79 Å². The fraction of sp³-hybridized carbons (Fsp3) is 0. The van der Waals surface area contributed by atoms with Crippen molar-refractivity contribution in [1.29, 1.82) is 2.86 Å². The van der Waals surface area contributed by atoms with Crippen LogP contribution >= 0.6 is 0 Å². The Morgan fingerprint density at radius 2 is 1.17 bits per heavy atom. The third-order valence-corrected chi connectivity index (χ3v) is 4.17. The lowest BCUT2D eigenvalue weighted by molar-refractivity contribution is 0.481. The maximum atomic E-state index is 11.6. The molecule has 0 aliphatic rings. The molecule has 0 aromatic heterocycles. The van der Waals surface area contributed by atoms with Gasteiger partial charge < -0.3 is 0 Å². The van der Waals surface area contributed by atoms with Gasteiger partial charge in [0, 0.05) is 10.8 Å². The number of benzene rings is 2. The summed E-state index contributed by atoms with van der Waals surface area (Å²) in [6.45, 7) is 0. The summed E-state index contributed by atoms with van der Waals surface area (Å²) in [4.78, 5) is -0.681.